The third-order valence-corrected chi connectivity index (χ3v) is 5.43. The molecule has 4 N–H and O–H groups in total. The van der Waals surface area contributed by atoms with Gasteiger partial charge in [0.25, 0.3) is 0 Å². The number of benzene rings is 1. The van der Waals surface area contributed by atoms with Crippen molar-refractivity contribution in [1.82, 2.24) is 10.2 Å². The number of nitrogens with one attached hydrogen (secondary N) is 2. The van der Waals surface area contributed by atoms with Gasteiger partial charge in [-0.1, -0.05) is 12.1 Å². The fraction of sp³-hybridized carbons (Fsp3) is 0.571. The summed E-state index contributed by atoms with van der Waals surface area (Å²) in [6.45, 7) is 3.06. The molecule has 1 aliphatic heterocycles. The molecule has 3 amide bonds. The molecule has 1 aromatic carbocycles. The van der Waals surface area contributed by atoms with Gasteiger partial charge >= 0.3 is 0 Å². The van der Waals surface area contributed by atoms with Crippen LogP contribution in [0.25, 0.3) is 0 Å². The lowest BCUT2D eigenvalue weighted by Gasteiger charge is -2.30. The Morgan fingerprint density at radius 3 is 2.50 bits per heavy atom. The first-order chi connectivity index (χ1) is 13.5. The number of nitrogens with zero attached hydrogens (tertiary/aromatic N) is 1. The molecular weight excluding hydrogens is 356 g/mol. The molecule has 152 valence electrons. The summed E-state index contributed by atoms with van der Waals surface area (Å²) in [4.78, 5) is 37.3. The summed E-state index contributed by atoms with van der Waals surface area (Å²) in [5, 5.41) is 5.81. The topological polar surface area (TPSA) is 105 Å². The molecule has 1 aromatic rings. The van der Waals surface area contributed by atoms with Crippen LogP contribution >= 0.6 is 0 Å². The van der Waals surface area contributed by atoms with Gasteiger partial charge in [0.2, 0.25) is 17.7 Å². The van der Waals surface area contributed by atoms with Crippen LogP contribution in [0, 0.1) is 11.8 Å². The Morgan fingerprint density at radius 1 is 1.07 bits per heavy atom. The highest BCUT2D eigenvalue weighted by Crippen LogP contribution is 2.28. The molecule has 7 heteroatoms. The minimum atomic E-state index is -0.198. The number of rotatable bonds is 9. The van der Waals surface area contributed by atoms with E-state index in [-0.39, 0.29) is 29.6 Å². The molecule has 3 rings (SSSR count). The van der Waals surface area contributed by atoms with Crippen molar-refractivity contribution < 1.29 is 14.4 Å². The Labute approximate surface area is 166 Å². The number of primary amides is 1. The van der Waals surface area contributed by atoms with Crippen LogP contribution in [0.3, 0.4) is 0 Å². The first-order valence-electron chi connectivity index (χ1n) is 10.2. The Hall–Kier alpha value is -2.41. The highest BCUT2D eigenvalue weighted by Gasteiger charge is 2.29. The van der Waals surface area contributed by atoms with Crippen LogP contribution in [0.4, 0.5) is 5.69 Å². The quantitative estimate of drug-likeness (QED) is 0.561. The summed E-state index contributed by atoms with van der Waals surface area (Å²) in [7, 11) is 0. The van der Waals surface area contributed by atoms with Crippen LogP contribution in [-0.4, -0.2) is 42.3 Å². The predicted octanol–water partition coefficient (Wildman–Crippen LogP) is 1.63. The third-order valence-electron chi connectivity index (χ3n) is 5.43. The predicted molar refractivity (Wildman–Crippen MR) is 107 cm³/mol. The lowest BCUT2D eigenvalue weighted by atomic mass is 9.96. The number of anilines is 1. The zero-order chi connectivity index (χ0) is 19.9. The minimum absolute atomic E-state index is 0.00377. The summed E-state index contributed by atoms with van der Waals surface area (Å²) < 4.78 is 0. The molecule has 1 saturated carbocycles. The van der Waals surface area contributed by atoms with E-state index in [0.29, 0.717) is 19.4 Å². The van der Waals surface area contributed by atoms with Crippen molar-refractivity contribution in [3.05, 3.63) is 29.8 Å². The number of carbonyl (C=O) groups is 3. The molecule has 0 spiro atoms. The van der Waals surface area contributed by atoms with Gasteiger partial charge in [0.1, 0.15) is 0 Å². The van der Waals surface area contributed by atoms with Crippen LogP contribution < -0.4 is 16.4 Å². The van der Waals surface area contributed by atoms with Crippen LogP contribution in [-0.2, 0) is 20.9 Å². The van der Waals surface area contributed by atoms with Crippen molar-refractivity contribution in [1.29, 1.82) is 0 Å². The average Bonchev–Trinajstić information content (AvgIpc) is 3.51. The van der Waals surface area contributed by atoms with Gasteiger partial charge in [0.15, 0.2) is 0 Å². The van der Waals surface area contributed by atoms with Gasteiger partial charge in [-0.3, -0.25) is 19.3 Å². The molecule has 7 nitrogen and oxygen atoms in total. The molecule has 0 unspecified atom stereocenters. The maximum absolute atomic E-state index is 12.1. The first kappa shape index (κ1) is 20.3. The average molecular weight is 386 g/mol. The molecule has 1 saturated heterocycles. The zero-order valence-corrected chi connectivity index (χ0v) is 16.3. The number of likely N-dealkylation sites (tertiary alicyclic amines) is 1. The van der Waals surface area contributed by atoms with Gasteiger partial charge in [0.05, 0.1) is 0 Å². The molecule has 28 heavy (non-hydrogen) atoms. The van der Waals surface area contributed by atoms with E-state index >= 15 is 0 Å². The van der Waals surface area contributed by atoms with Crippen molar-refractivity contribution in [2.75, 3.05) is 25.0 Å². The Balaban J connectivity index is 1.38. The largest absolute Gasteiger partial charge is 0.369 e. The molecule has 1 aliphatic carbocycles. The van der Waals surface area contributed by atoms with E-state index in [0.717, 1.165) is 56.6 Å². The van der Waals surface area contributed by atoms with Crippen molar-refractivity contribution in [3.8, 4) is 0 Å². The van der Waals surface area contributed by atoms with Gasteiger partial charge < -0.3 is 16.4 Å². The second-order valence-electron chi connectivity index (χ2n) is 7.87. The third kappa shape index (κ3) is 6.34. The number of carbonyl (C=O) groups excluding carboxylic acids is 3. The maximum atomic E-state index is 12.1. The van der Waals surface area contributed by atoms with Gasteiger partial charge in [-0.15, -0.1) is 0 Å². The highest BCUT2D eigenvalue weighted by molar-refractivity contribution is 5.90. The van der Waals surface area contributed by atoms with Crippen LogP contribution in [0.1, 0.15) is 44.1 Å². The van der Waals surface area contributed by atoms with E-state index < -0.39 is 0 Å². The minimum Gasteiger partial charge on any atom is -0.369 e. The molecule has 0 bridgehead atoms. The molecule has 0 atom stereocenters. The van der Waals surface area contributed by atoms with Crippen LogP contribution in [0.2, 0.25) is 0 Å². The van der Waals surface area contributed by atoms with Crippen molar-refractivity contribution in [3.63, 3.8) is 0 Å². The van der Waals surface area contributed by atoms with Gasteiger partial charge in [-0.25, -0.2) is 0 Å². The van der Waals surface area contributed by atoms with E-state index in [4.69, 9.17) is 5.73 Å². The maximum Gasteiger partial charge on any atom is 0.224 e. The number of hydrogen-bond acceptors (Lipinski definition) is 4. The van der Waals surface area contributed by atoms with Gasteiger partial charge in [-0.05, 0) is 62.9 Å². The monoisotopic (exact) mass is 386 g/mol. The fourth-order valence-electron chi connectivity index (χ4n) is 3.56. The molecule has 1 heterocycles. The molecule has 0 radical (unpaired) electrons. The number of nitrogens with two attached hydrogens (primary N) is 1. The van der Waals surface area contributed by atoms with Crippen LogP contribution in [0.15, 0.2) is 24.3 Å². The molecule has 2 aliphatic rings. The molecule has 0 aromatic heterocycles. The van der Waals surface area contributed by atoms with Gasteiger partial charge in [0, 0.05) is 37.0 Å². The summed E-state index contributed by atoms with van der Waals surface area (Å²) in [6.07, 6.45) is 4.62. The number of hydrogen-bond donors (Lipinski definition) is 3. The Kier molecular flexibility index (Phi) is 7.03. The SMILES string of the molecule is NC(=O)C1CCN(Cc2cccc(NC(=O)CCCNC(=O)C3CC3)c2)CC1. The van der Waals surface area contributed by atoms with Crippen molar-refractivity contribution in [2.45, 2.75) is 45.1 Å². The van der Waals surface area contributed by atoms with Gasteiger partial charge in [-0.2, -0.15) is 0 Å². The van der Waals surface area contributed by atoms with Crippen molar-refractivity contribution in [2.24, 2.45) is 17.6 Å². The van der Waals surface area contributed by atoms with Crippen LogP contribution in [0.5, 0.6) is 0 Å². The second-order valence-corrected chi connectivity index (χ2v) is 7.87. The lowest BCUT2D eigenvalue weighted by Crippen LogP contribution is -2.38. The first-order valence-corrected chi connectivity index (χ1v) is 10.2. The fourth-order valence-corrected chi connectivity index (χ4v) is 3.56. The smallest absolute Gasteiger partial charge is 0.224 e. The van der Waals surface area contributed by atoms with E-state index in [1.807, 2.05) is 24.3 Å². The highest BCUT2D eigenvalue weighted by atomic mass is 16.2. The van der Waals surface area contributed by atoms with E-state index in [2.05, 4.69) is 15.5 Å². The van der Waals surface area contributed by atoms with E-state index in [1.165, 1.54) is 0 Å². The molecular formula is C21H30N4O3. The molecule has 2 fully saturated rings. The summed E-state index contributed by atoms with van der Waals surface area (Å²) >= 11 is 0. The standard InChI is InChI=1S/C21H30N4O3/c22-20(27)16-8-11-25(12-9-16)14-15-3-1-4-18(13-15)24-19(26)5-2-10-23-21(28)17-6-7-17/h1,3-4,13,16-17H,2,5-12,14H2,(H2,22,27)(H,23,28)(H,24,26). The summed E-state index contributed by atoms with van der Waals surface area (Å²) in [5.74, 6) is 0.0820. The Bertz CT molecular complexity index is 709. The summed E-state index contributed by atoms with van der Waals surface area (Å²) in [5.41, 5.74) is 7.31. The number of piperidine rings is 1. The zero-order valence-electron chi connectivity index (χ0n) is 16.3. The van der Waals surface area contributed by atoms with Crippen molar-refractivity contribution >= 4 is 23.4 Å². The van der Waals surface area contributed by atoms with E-state index in [1.54, 1.807) is 0 Å². The second kappa shape index (κ2) is 9.68. The van der Waals surface area contributed by atoms with E-state index in [9.17, 15) is 14.4 Å². The summed E-state index contributed by atoms with van der Waals surface area (Å²) in [6, 6.07) is 7.86. The number of amides is 3. The Morgan fingerprint density at radius 2 is 1.82 bits per heavy atom. The normalized spacial score (nSPS) is 17.9. The lowest BCUT2D eigenvalue weighted by molar-refractivity contribution is -0.123.